The zero-order valence-electron chi connectivity index (χ0n) is 13.2. The van der Waals surface area contributed by atoms with Gasteiger partial charge >= 0.3 is 0 Å². The number of nitriles is 1. The van der Waals surface area contributed by atoms with Gasteiger partial charge < -0.3 is 15.9 Å². The number of rotatable bonds is 4. The second-order valence-corrected chi connectivity index (χ2v) is 6.57. The number of allylic oxidation sites excluding steroid dienone is 1. The van der Waals surface area contributed by atoms with E-state index in [1.165, 1.54) is 12.8 Å². The summed E-state index contributed by atoms with van der Waals surface area (Å²) in [6.45, 7) is 4.57. The van der Waals surface area contributed by atoms with Gasteiger partial charge in [-0.15, -0.1) is 0 Å². The lowest BCUT2D eigenvalue weighted by atomic mass is 9.76. The average molecular weight is 300 g/mol. The molecular weight excluding hydrogens is 276 g/mol. The van der Waals surface area contributed by atoms with Crippen LogP contribution in [0.1, 0.15) is 45.1 Å². The molecule has 5 nitrogen and oxygen atoms in total. The lowest BCUT2D eigenvalue weighted by Gasteiger charge is -2.35. The average Bonchev–Trinajstić information content (AvgIpc) is 2.47. The molecule has 2 rings (SSSR count). The van der Waals surface area contributed by atoms with Crippen LogP contribution in [0.3, 0.4) is 0 Å². The second-order valence-electron chi connectivity index (χ2n) is 6.57. The van der Waals surface area contributed by atoms with E-state index in [4.69, 9.17) is 21.6 Å². The summed E-state index contributed by atoms with van der Waals surface area (Å²) in [5.41, 5.74) is 9.80. The summed E-state index contributed by atoms with van der Waals surface area (Å²) in [6.07, 6.45) is 4.79. The third-order valence-corrected chi connectivity index (χ3v) is 4.13. The minimum Gasteiger partial charge on any atom is -0.490 e. The Morgan fingerprint density at radius 1 is 1.45 bits per heavy atom. The maximum atomic E-state index is 8.98. The van der Waals surface area contributed by atoms with Crippen LogP contribution in [0, 0.1) is 16.7 Å². The van der Waals surface area contributed by atoms with Crippen LogP contribution in [0.2, 0.25) is 0 Å². The van der Waals surface area contributed by atoms with E-state index >= 15 is 0 Å². The predicted octanol–water partition coefficient (Wildman–Crippen LogP) is 2.65. The summed E-state index contributed by atoms with van der Waals surface area (Å²) < 4.78 is 6.12. The minimum absolute atomic E-state index is 0.149. The molecule has 1 aliphatic carbocycles. The van der Waals surface area contributed by atoms with Crippen molar-refractivity contribution in [2.45, 2.75) is 45.6 Å². The van der Waals surface area contributed by atoms with Gasteiger partial charge in [-0.25, -0.2) is 5.84 Å². The Morgan fingerprint density at radius 2 is 2.23 bits per heavy atom. The summed E-state index contributed by atoms with van der Waals surface area (Å²) in [6, 6.07) is 9.42. The highest BCUT2D eigenvalue weighted by molar-refractivity contribution is 5.69. The smallest absolute Gasteiger partial charge is 0.151 e. The molecule has 1 aromatic carbocycles. The number of hydrogen-bond acceptors (Lipinski definition) is 5. The second kappa shape index (κ2) is 6.71. The first-order valence-corrected chi connectivity index (χ1v) is 7.59. The third-order valence-electron chi connectivity index (χ3n) is 4.13. The van der Waals surface area contributed by atoms with Gasteiger partial charge in [-0.3, -0.25) is 0 Å². The van der Waals surface area contributed by atoms with Crippen LogP contribution in [0.25, 0.3) is 5.70 Å². The Bertz CT molecular complexity index is 601. The van der Waals surface area contributed by atoms with E-state index in [-0.39, 0.29) is 11.8 Å². The first-order valence-electron chi connectivity index (χ1n) is 7.59. The van der Waals surface area contributed by atoms with Gasteiger partial charge in [0.2, 0.25) is 0 Å². The van der Waals surface area contributed by atoms with E-state index in [1.54, 1.807) is 0 Å². The third kappa shape index (κ3) is 3.92. The monoisotopic (exact) mass is 300 g/mol. The fourth-order valence-electron chi connectivity index (χ4n) is 2.97. The predicted molar refractivity (Wildman–Crippen MR) is 87.2 cm³/mol. The molecule has 22 heavy (non-hydrogen) atoms. The molecule has 0 radical (unpaired) electrons. The van der Waals surface area contributed by atoms with Crippen molar-refractivity contribution in [3.8, 4) is 11.8 Å². The minimum atomic E-state index is 0.149. The van der Waals surface area contributed by atoms with Gasteiger partial charge in [0.1, 0.15) is 11.8 Å². The number of hydrogen-bond donors (Lipinski definition) is 3. The van der Waals surface area contributed by atoms with Crippen LogP contribution >= 0.6 is 0 Å². The van der Waals surface area contributed by atoms with Crippen LogP contribution in [0.5, 0.6) is 5.75 Å². The van der Waals surface area contributed by atoms with E-state index < -0.39 is 0 Å². The number of benzene rings is 1. The Labute approximate surface area is 131 Å². The zero-order chi connectivity index (χ0) is 16.2. The Balaban J connectivity index is 2.16. The summed E-state index contributed by atoms with van der Waals surface area (Å²) in [5, 5.41) is 8.98. The summed E-state index contributed by atoms with van der Waals surface area (Å²) in [4.78, 5) is 0. The highest BCUT2D eigenvalue weighted by Crippen LogP contribution is 2.37. The van der Waals surface area contributed by atoms with Crippen molar-refractivity contribution in [3.05, 3.63) is 35.5 Å². The number of nitrogens with two attached hydrogens (primary N) is 2. The van der Waals surface area contributed by atoms with E-state index in [2.05, 4.69) is 19.3 Å². The van der Waals surface area contributed by atoms with Crippen LogP contribution in [0.4, 0.5) is 0 Å². The molecule has 118 valence electrons. The quantitative estimate of drug-likeness (QED) is 0.451. The molecule has 0 aromatic heterocycles. The van der Waals surface area contributed by atoms with Crippen molar-refractivity contribution < 1.29 is 4.74 Å². The first-order chi connectivity index (χ1) is 10.4. The fraction of sp³-hybridized carbons (Fsp3) is 0.471. The fourth-order valence-corrected chi connectivity index (χ4v) is 2.97. The molecule has 5 heteroatoms. The molecule has 0 saturated heterocycles. The highest BCUT2D eigenvalue weighted by Gasteiger charge is 2.29. The van der Waals surface area contributed by atoms with Crippen molar-refractivity contribution in [2.75, 3.05) is 0 Å². The van der Waals surface area contributed by atoms with E-state index in [9.17, 15) is 0 Å². The van der Waals surface area contributed by atoms with Crippen molar-refractivity contribution in [1.29, 1.82) is 5.26 Å². The van der Waals surface area contributed by atoms with Crippen molar-refractivity contribution in [2.24, 2.45) is 17.0 Å². The molecule has 0 aliphatic heterocycles. The number of hydrazine groups is 1. The maximum absolute atomic E-state index is 8.98. The Hall–Kier alpha value is -2.19. The largest absolute Gasteiger partial charge is 0.490 e. The van der Waals surface area contributed by atoms with Crippen LogP contribution in [0.15, 0.2) is 30.0 Å². The highest BCUT2D eigenvalue weighted by atomic mass is 16.5. The lowest BCUT2D eigenvalue weighted by molar-refractivity contribution is 0.0851. The van der Waals surface area contributed by atoms with Gasteiger partial charge in [-0.1, -0.05) is 26.0 Å². The normalized spacial score (nSPS) is 21.5. The molecular formula is C17H24N4O. The molecule has 1 saturated carbocycles. The molecule has 0 spiro atoms. The van der Waals surface area contributed by atoms with E-state index in [0.29, 0.717) is 11.1 Å². The molecule has 1 fully saturated rings. The number of nitrogens with one attached hydrogen (secondary N) is 1. The molecule has 0 bridgehead atoms. The molecule has 1 atom stereocenters. The van der Waals surface area contributed by atoms with Crippen LogP contribution < -0.4 is 21.7 Å². The Morgan fingerprint density at radius 3 is 2.86 bits per heavy atom. The van der Waals surface area contributed by atoms with Crippen molar-refractivity contribution >= 4 is 5.70 Å². The van der Waals surface area contributed by atoms with Gasteiger partial charge in [-0.05, 0) is 43.2 Å². The molecule has 1 aromatic rings. The van der Waals surface area contributed by atoms with Gasteiger partial charge in [-0.2, -0.15) is 5.26 Å². The summed E-state index contributed by atoms with van der Waals surface area (Å²) >= 11 is 0. The summed E-state index contributed by atoms with van der Waals surface area (Å²) in [7, 11) is 0. The van der Waals surface area contributed by atoms with E-state index in [0.717, 1.165) is 24.2 Å². The SMILES string of the molecule is CC1(C)CCC[C@@H](Oc2cccc(/C(N)=C(\C#N)NN)c2)C1. The lowest BCUT2D eigenvalue weighted by Crippen LogP contribution is -2.30. The van der Waals surface area contributed by atoms with Crippen molar-refractivity contribution in [1.82, 2.24) is 5.43 Å². The number of ether oxygens (including phenoxy) is 1. The van der Waals surface area contributed by atoms with Gasteiger partial charge in [0, 0.05) is 5.56 Å². The molecule has 0 amide bonds. The molecule has 0 heterocycles. The first kappa shape index (κ1) is 16.2. The van der Waals surface area contributed by atoms with Crippen molar-refractivity contribution in [3.63, 3.8) is 0 Å². The van der Waals surface area contributed by atoms with Gasteiger partial charge in [0.05, 0.1) is 11.8 Å². The van der Waals surface area contributed by atoms with Crippen LogP contribution in [-0.4, -0.2) is 6.10 Å². The zero-order valence-corrected chi connectivity index (χ0v) is 13.2. The Kier molecular flexibility index (Phi) is 4.94. The summed E-state index contributed by atoms with van der Waals surface area (Å²) in [5.74, 6) is 6.07. The number of nitrogens with zero attached hydrogens (tertiary/aromatic N) is 1. The van der Waals surface area contributed by atoms with Gasteiger partial charge in [0.15, 0.2) is 5.70 Å². The maximum Gasteiger partial charge on any atom is 0.151 e. The molecule has 5 N–H and O–H groups in total. The molecule has 1 aliphatic rings. The standard InChI is InChI=1S/C17H24N4O/c1-17(2)8-4-7-14(10-17)22-13-6-3-5-12(9-13)16(19)15(11-18)21-20/h3,5-6,9,14,21H,4,7-8,10,19-20H2,1-2H3/b16-15-/t14-/m1/s1. The topological polar surface area (TPSA) is 97.1 Å². The van der Waals surface area contributed by atoms with Crippen LogP contribution in [-0.2, 0) is 0 Å². The molecule has 0 unspecified atom stereocenters. The van der Waals surface area contributed by atoms with Gasteiger partial charge in [0.25, 0.3) is 0 Å². The van der Waals surface area contributed by atoms with E-state index in [1.807, 2.05) is 30.3 Å².